The van der Waals surface area contributed by atoms with Gasteiger partial charge in [0, 0.05) is 6.61 Å². The molecular weight excluding hydrogens is 344 g/mol. The Kier molecular flexibility index (Phi) is 6.39. The smallest absolute Gasteiger partial charge is 0.261 e. The molecule has 1 nitrogen and oxygen atoms in total. The second kappa shape index (κ2) is 8.58. The summed E-state index contributed by atoms with van der Waals surface area (Å²) in [6.45, 7) is 10.2. The van der Waals surface area contributed by atoms with Crippen LogP contribution in [0.1, 0.15) is 47.0 Å². The van der Waals surface area contributed by atoms with Crippen LogP contribution in [0.25, 0.3) is 0 Å². The zero-order valence-corrected chi connectivity index (χ0v) is 18.3. The summed E-state index contributed by atoms with van der Waals surface area (Å²) in [4.78, 5) is 0. The summed E-state index contributed by atoms with van der Waals surface area (Å²) >= 11 is 0. The Morgan fingerprint density at radius 3 is 1.81 bits per heavy atom. The zero-order valence-electron chi connectivity index (χ0n) is 17.3. The normalized spacial score (nSPS) is 20.1. The summed E-state index contributed by atoms with van der Waals surface area (Å²) in [7, 11) is -2.37. The quantitative estimate of drug-likeness (QED) is 0.453. The first kappa shape index (κ1) is 20.1. The van der Waals surface area contributed by atoms with Gasteiger partial charge in [-0.25, -0.2) is 0 Å². The lowest BCUT2D eigenvalue weighted by Crippen LogP contribution is -2.66. The maximum Gasteiger partial charge on any atom is 0.261 e. The molecule has 0 saturated heterocycles. The molecule has 2 aromatic rings. The standard InChI is InChI=1S/C25H34OSi/c1-5-21-16-17-22(20-21)18-19-26-27(25(2,3)4,23-12-8-6-9-13-23)24-14-10-7-11-15-24/h6-17,21-22H,5,18-20H2,1-4H3/t21-,22-/m0/s1. The average molecular weight is 379 g/mol. The van der Waals surface area contributed by atoms with E-state index in [2.05, 4.69) is 101 Å². The van der Waals surface area contributed by atoms with Crippen molar-refractivity contribution >= 4 is 18.7 Å². The number of benzene rings is 2. The summed E-state index contributed by atoms with van der Waals surface area (Å²) in [5.74, 6) is 1.44. The fourth-order valence-corrected chi connectivity index (χ4v) is 9.08. The summed E-state index contributed by atoms with van der Waals surface area (Å²) in [6, 6.07) is 21.9. The van der Waals surface area contributed by atoms with E-state index in [-0.39, 0.29) is 5.04 Å². The van der Waals surface area contributed by atoms with Crippen molar-refractivity contribution in [3.05, 3.63) is 72.8 Å². The first-order valence-electron chi connectivity index (χ1n) is 10.4. The van der Waals surface area contributed by atoms with E-state index in [0.29, 0.717) is 5.92 Å². The van der Waals surface area contributed by atoms with Gasteiger partial charge in [-0.05, 0) is 46.5 Å². The van der Waals surface area contributed by atoms with Gasteiger partial charge in [-0.1, -0.05) is 101 Å². The molecule has 2 heteroatoms. The zero-order chi connectivity index (χ0) is 19.3. The largest absolute Gasteiger partial charge is 0.407 e. The molecule has 0 saturated carbocycles. The van der Waals surface area contributed by atoms with E-state index in [0.717, 1.165) is 18.9 Å². The third kappa shape index (κ3) is 4.28. The number of rotatable bonds is 7. The van der Waals surface area contributed by atoms with E-state index in [4.69, 9.17) is 4.43 Å². The molecule has 0 radical (unpaired) electrons. The lowest BCUT2D eigenvalue weighted by molar-refractivity contribution is 0.270. The highest BCUT2D eigenvalue weighted by Gasteiger charge is 2.50. The molecule has 1 aliphatic carbocycles. The molecule has 2 aromatic carbocycles. The van der Waals surface area contributed by atoms with Crippen molar-refractivity contribution in [3.8, 4) is 0 Å². The van der Waals surface area contributed by atoms with Crippen LogP contribution >= 0.6 is 0 Å². The first-order chi connectivity index (χ1) is 13.0. The van der Waals surface area contributed by atoms with Crippen LogP contribution in [0.2, 0.25) is 5.04 Å². The van der Waals surface area contributed by atoms with Crippen LogP contribution in [0.4, 0.5) is 0 Å². The minimum absolute atomic E-state index is 0.0627. The van der Waals surface area contributed by atoms with Crippen molar-refractivity contribution in [2.45, 2.75) is 52.0 Å². The highest BCUT2D eigenvalue weighted by molar-refractivity contribution is 6.99. The summed E-state index contributed by atoms with van der Waals surface area (Å²) in [6.07, 6.45) is 8.50. The van der Waals surface area contributed by atoms with Crippen molar-refractivity contribution < 1.29 is 4.43 Å². The lowest BCUT2D eigenvalue weighted by Gasteiger charge is -2.43. The second-order valence-electron chi connectivity index (χ2n) is 8.85. The Bertz CT molecular complexity index is 690. The van der Waals surface area contributed by atoms with E-state index in [1.165, 1.54) is 23.2 Å². The maximum atomic E-state index is 7.00. The van der Waals surface area contributed by atoms with E-state index < -0.39 is 8.32 Å². The molecule has 0 aromatic heterocycles. The molecule has 0 amide bonds. The monoisotopic (exact) mass is 378 g/mol. The molecule has 3 rings (SSSR count). The van der Waals surface area contributed by atoms with Gasteiger partial charge in [-0.2, -0.15) is 0 Å². The third-order valence-electron chi connectivity index (χ3n) is 6.01. The number of hydrogen-bond acceptors (Lipinski definition) is 1. The summed E-state index contributed by atoms with van der Waals surface area (Å²) < 4.78 is 7.00. The van der Waals surface area contributed by atoms with Crippen LogP contribution < -0.4 is 10.4 Å². The fraction of sp³-hybridized carbons (Fsp3) is 0.440. The van der Waals surface area contributed by atoms with Gasteiger partial charge in [0.1, 0.15) is 0 Å². The van der Waals surface area contributed by atoms with Crippen molar-refractivity contribution in [1.29, 1.82) is 0 Å². The maximum absolute atomic E-state index is 7.00. The highest BCUT2D eigenvalue weighted by Crippen LogP contribution is 2.37. The Labute approximate surface area is 166 Å². The molecule has 0 N–H and O–H groups in total. The van der Waals surface area contributed by atoms with Crippen LogP contribution in [0.5, 0.6) is 0 Å². The molecule has 27 heavy (non-hydrogen) atoms. The average Bonchev–Trinajstić information content (AvgIpc) is 3.14. The van der Waals surface area contributed by atoms with Gasteiger partial charge in [-0.3, -0.25) is 0 Å². The van der Waals surface area contributed by atoms with Crippen molar-refractivity contribution in [2.24, 2.45) is 11.8 Å². The Morgan fingerprint density at radius 2 is 1.37 bits per heavy atom. The van der Waals surface area contributed by atoms with Gasteiger partial charge in [0.2, 0.25) is 0 Å². The summed E-state index contributed by atoms with van der Waals surface area (Å²) in [5.41, 5.74) is 0. The molecule has 0 fully saturated rings. The predicted octanol–water partition coefficient (Wildman–Crippen LogP) is 5.56. The fourth-order valence-electron chi connectivity index (χ4n) is 4.50. The first-order valence-corrected chi connectivity index (χ1v) is 12.3. The second-order valence-corrected chi connectivity index (χ2v) is 13.2. The number of allylic oxidation sites excluding steroid dienone is 2. The van der Waals surface area contributed by atoms with Gasteiger partial charge in [-0.15, -0.1) is 0 Å². The third-order valence-corrected chi connectivity index (χ3v) is 11.1. The van der Waals surface area contributed by atoms with Crippen LogP contribution in [0.15, 0.2) is 72.8 Å². The van der Waals surface area contributed by atoms with Crippen molar-refractivity contribution in [1.82, 2.24) is 0 Å². The lowest BCUT2D eigenvalue weighted by atomic mass is 9.99. The SMILES string of the molecule is CC[C@H]1C=C[C@@H](CCO[Si](c2ccccc2)(c2ccccc2)C(C)(C)C)C1. The molecule has 2 atom stereocenters. The van der Waals surface area contributed by atoms with Crippen LogP contribution in [0, 0.1) is 11.8 Å². The molecular formula is C25H34OSi. The minimum atomic E-state index is -2.37. The van der Waals surface area contributed by atoms with Crippen LogP contribution in [0.3, 0.4) is 0 Å². The molecule has 0 spiro atoms. The van der Waals surface area contributed by atoms with Crippen LogP contribution in [-0.4, -0.2) is 14.9 Å². The van der Waals surface area contributed by atoms with E-state index in [1.807, 2.05) is 0 Å². The van der Waals surface area contributed by atoms with Crippen LogP contribution in [-0.2, 0) is 4.43 Å². The Hall–Kier alpha value is -1.64. The predicted molar refractivity (Wildman–Crippen MR) is 119 cm³/mol. The van der Waals surface area contributed by atoms with Gasteiger partial charge in [0.05, 0.1) is 0 Å². The molecule has 0 bridgehead atoms. The van der Waals surface area contributed by atoms with Gasteiger partial charge >= 0.3 is 0 Å². The minimum Gasteiger partial charge on any atom is -0.407 e. The Morgan fingerprint density at radius 1 is 0.852 bits per heavy atom. The highest BCUT2D eigenvalue weighted by atomic mass is 28.4. The Balaban J connectivity index is 1.89. The van der Waals surface area contributed by atoms with E-state index in [1.54, 1.807) is 0 Å². The van der Waals surface area contributed by atoms with E-state index >= 15 is 0 Å². The molecule has 144 valence electrons. The molecule has 0 unspecified atom stereocenters. The molecule has 0 aliphatic heterocycles. The topological polar surface area (TPSA) is 9.23 Å². The summed E-state index contributed by atoms with van der Waals surface area (Å²) in [5, 5.41) is 2.81. The molecule has 1 aliphatic rings. The van der Waals surface area contributed by atoms with Gasteiger partial charge in [0.25, 0.3) is 8.32 Å². The van der Waals surface area contributed by atoms with Crippen molar-refractivity contribution in [2.75, 3.05) is 6.61 Å². The van der Waals surface area contributed by atoms with Gasteiger partial charge in [0.15, 0.2) is 0 Å². The number of hydrogen-bond donors (Lipinski definition) is 0. The van der Waals surface area contributed by atoms with Gasteiger partial charge < -0.3 is 4.43 Å². The molecule has 0 heterocycles. The van der Waals surface area contributed by atoms with E-state index in [9.17, 15) is 0 Å². The van der Waals surface area contributed by atoms with Crippen molar-refractivity contribution in [3.63, 3.8) is 0 Å².